The predicted molar refractivity (Wildman–Crippen MR) is 94.0 cm³/mol. The van der Waals surface area contributed by atoms with Gasteiger partial charge >= 0.3 is 0 Å². The lowest BCUT2D eigenvalue weighted by Crippen LogP contribution is -2.40. The van der Waals surface area contributed by atoms with Crippen LogP contribution in [0.2, 0.25) is 0 Å². The molecule has 0 radical (unpaired) electrons. The lowest BCUT2D eigenvalue weighted by molar-refractivity contribution is -0.128. The smallest absolute Gasteiger partial charge is 0.261 e. The lowest BCUT2D eigenvalue weighted by Gasteiger charge is -2.20. The van der Waals surface area contributed by atoms with Crippen molar-refractivity contribution in [2.45, 2.75) is 59.0 Å². The fraction of sp³-hybridized carbons (Fsp3) is 0.632. The second-order valence-electron chi connectivity index (χ2n) is 5.85. The van der Waals surface area contributed by atoms with Crippen LogP contribution < -0.4 is 14.8 Å². The summed E-state index contributed by atoms with van der Waals surface area (Å²) in [4.78, 5) is 12.3. The molecule has 0 aliphatic rings. The Hall–Kier alpha value is -1.71. The van der Waals surface area contributed by atoms with Gasteiger partial charge in [-0.25, -0.2) is 0 Å². The van der Waals surface area contributed by atoms with Crippen molar-refractivity contribution in [1.82, 2.24) is 5.32 Å². The molecule has 0 aromatic heterocycles. The van der Waals surface area contributed by atoms with E-state index in [1.54, 1.807) is 7.11 Å². The van der Waals surface area contributed by atoms with Gasteiger partial charge in [-0.3, -0.25) is 4.79 Å². The SMILES string of the molecule is CCCC[C@H](CC)CNC(=O)[C@H](CC)Oc1ccc(OC)cc1. The highest BCUT2D eigenvalue weighted by atomic mass is 16.5. The van der Waals surface area contributed by atoms with Crippen LogP contribution in [0.15, 0.2) is 24.3 Å². The van der Waals surface area contributed by atoms with Crippen molar-refractivity contribution < 1.29 is 14.3 Å². The molecule has 4 heteroatoms. The van der Waals surface area contributed by atoms with Crippen LogP contribution in [0.5, 0.6) is 11.5 Å². The first kappa shape index (κ1) is 19.3. The number of nitrogens with one attached hydrogen (secondary N) is 1. The molecule has 1 N–H and O–H groups in total. The third kappa shape index (κ3) is 6.93. The van der Waals surface area contributed by atoms with E-state index in [2.05, 4.69) is 19.2 Å². The first-order valence-corrected chi connectivity index (χ1v) is 8.72. The average molecular weight is 321 g/mol. The van der Waals surface area contributed by atoms with Crippen LogP contribution in [-0.4, -0.2) is 25.7 Å². The number of benzene rings is 1. The molecule has 0 saturated heterocycles. The number of methoxy groups -OCH3 is 1. The summed E-state index contributed by atoms with van der Waals surface area (Å²) in [6.45, 7) is 7.07. The van der Waals surface area contributed by atoms with E-state index in [0.29, 0.717) is 18.1 Å². The second kappa shape index (κ2) is 10.9. The first-order chi connectivity index (χ1) is 11.1. The third-order valence-electron chi connectivity index (χ3n) is 4.11. The molecule has 1 rings (SSSR count). The third-order valence-corrected chi connectivity index (χ3v) is 4.11. The molecule has 0 saturated carbocycles. The van der Waals surface area contributed by atoms with Crippen molar-refractivity contribution in [2.24, 2.45) is 5.92 Å². The van der Waals surface area contributed by atoms with Gasteiger partial charge in [-0.1, -0.05) is 40.0 Å². The highest BCUT2D eigenvalue weighted by Crippen LogP contribution is 2.19. The Balaban J connectivity index is 2.50. The van der Waals surface area contributed by atoms with Gasteiger partial charge in [-0.2, -0.15) is 0 Å². The van der Waals surface area contributed by atoms with Crippen LogP contribution >= 0.6 is 0 Å². The molecule has 0 bridgehead atoms. The molecule has 0 fully saturated rings. The van der Waals surface area contributed by atoms with Crippen molar-refractivity contribution >= 4 is 5.91 Å². The van der Waals surface area contributed by atoms with E-state index < -0.39 is 6.10 Å². The standard InChI is InChI=1S/C19H31NO3/c1-5-8-9-15(6-2)14-20-19(21)18(7-3)23-17-12-10-16(22-4)11-13-17/h10-13,15,18H,5-9,14H2,1-4H3,(H,20,21)/t15-,18-/m0/s1. The highest BCUT2D eigenvalue weighted by molar-refractivity contribution is 5.81. The summed E-state index contributed by atoms with van der Waals surface area (Å²) in [5, 5.41) is 3.05. The normalized spacial score (nSPS) is 13.2. The van der Waals surface area contributed by atoms with Crippen molar-refractivity contribution in [2.75, 3.05) is 13.7 Å². The topological polar surface area (TPSA) is 47.6 Å². The summed E-state index contributed by atoms with van der Waals surface area (Å²) < 4.78 is 10.9. The number of carbonyl (C=O) groups is 1. The van der Waals surface area contributed by atoms with Crippen LogP contribution in [0, 0.1) is 5.92 Å². The van der Waals surface area contributed by atoms with E-state index in [1.807, 2.05) is 31.2 Å². The summed E-state index contributed by atoms with van der Waals surface area (Å²) in [6, 6.07) is 7.31. The van der Waals surface area contributed by atoms with Crippen molar-refractivity contribution in [3.8, 4) is 11.5 Å². The fourth-order valence-corrected chi connectivity index (χ4v) is 2.44. The Kier molecular flexibility index (Phi) is 9.18. The van der Waals surface area contributed by atoms with Gasteiger partial charge in [-0.15, -0.1) is 0 Å². The van der Waals surface area contributed by atoms with Gasteiger partial charge in [0.25, 0.3) is 5.91 Å². The van der Waals surface area contributed by atoms with Gasteiger partial charge in [-0.05, 0) is 43.0 Å². The maximum absolute atomic E-state index is 12.3. The molecule has 1 aromatic carbocycles. The van der Waals surface area contributed by atoms with Crippen LogP contribution in [-0.2, 0) is 4.79 Å². The van der Waals surface area contributed by atoms with Crippen LogP contribution in [0.3, 0.4) is 0 Å². The fourth-order valence-electron chi connectivity index (χ4n) is 2.44. The summed E-state index contributed by atoms with van der Waals surface area (Å²) in [6.07, 6.45) is 4.87. The van der Waals surface area contributed by atoms with Crippen LogP contribution in [0.25, 0.3) is 0 Å². The van der Waals surface area contributed by atoms with Gasteiger partial charge in [0.2, 0.25) is 0 Å². The molecule has 0 unspecified atom stereocenters. The molecular weight excluding hydrogens is 290 g/mol. The van der Waals surface area contributed by atoms with E-state index in [-0.39, 0.29) is 5.91 Å². The monoisotopic (exact) mass is 321 g/mol. The summed E-state index contributed by atoms with van der Waals surface area (Å²) in [5.41, 5.74) is 0. The number of carbonyl (C=O) groups excluding carboxylic acids is 1. The number of unbranched alkanes of at least 4 members (excludes halogenated alkanes) is 1. The molecule has 0 heterocycles. The number of amides is 1. The van der Waals surface area contributed by atoms with E-state index >= 15 is 0 Å². The summed E-state index contributed by atoms with van der Waals surface area (Å²) >= 11 is 0. The minimum absolute atomic E-state index is 0.0294. The molecule has 0 aliphatic heterocycles. The van der Waals surface area contributed by atoms with E-state index in [0.717, 1.165) is 18.7 Å². The highest BCUT2D eigenvalue weighted by Gasteiger charge is 2.19. The number of ether oxygens (including phenoxy) is 2. The van der Waals surface area contributed by atoms with E-state index in [4.69, 9.17) is 9.47 Å². The minimum Gasteiger partial charge on any atom is -0.497 e. The molecule has 130 valence electrons. The Morgan fingerprint density at radius 1 is 1.09 bits per heavy atom. The summed E-state index contributed by atoms with van der Waals surface area (Å²) in [5.74, 6) is 1.98. The predicted octanol–water partition coefficient (Wildman–Crippen LogP) is 4.19. The molecule has 4 nitrogen and oxygen atoms in total. The molecule has 2 atom stereocenters. The maximum atomic E-state index is 12.3. The Bertz CT molecular complexity index is 444. The van der Waals surface area contributed by atoms with Crippen molar-refractivity contribution in [3.05, 3.63) is 24.3 Å². The van der Waals surface area contributed by atoms with E-state index in [1.165, 1.54) is 19.3 Å². The number of rotatable bonds is 11. The largest absolute Gasteiger partial charge is 0.497 e. The first-order valence-electron chi connectivity index (χ1n) is 8.72. The quantitative estimate of drug-likeness (QED) is 0.665. The van der Waals surface area contributed by atoms with Crippen LogP contribution in [0.4, 0.5) is 0 Å². The lowest BCUT2D eigenvalue weighted by atomic mass is 9.99. The maximum Gasteiger partial charge on any atom is 0.261 e. The molecule has 23 heavy (non-hydrogen) atoms. The second-order valence-corrected chi connectivity index (χ2v) is 5.85. The van der Waals surface area contributed by atoms with Crippen molar-refractivity contribution in [1.29, 1.82) is 0 Å². The van der Waals surface area contributed by atoms with Crippen molar-refractivity contribution in [3.63, 3.8) is 0 Å². The zero-order valence-electron chi connectivity index (χ0n) is 14.9. The van der Waals surface area contributed by atoms with E-state index in [9.17, 15) is 4.79 Å². The average Bonchev–Trinajstić information content (AvgIpc) is 2.60. The van der Waals surface area contributed by atoms with Crippen LogP contribution in [0.1, 0.15) is 52.9 Å². The van der Waals surface area contributed by atoms with Gasteiger partial charge in [0.15, 0.2) is 6.10 Å². The molecule has 0 spiro atoms. The minimum atomic E-state index is -0.452. The number of hydrogen-bond donors (Lipinski definition) is 1. The summed E-state index contributed by atoms with van der Waals surface area (Å²) in [7, 11) is 1.63. The Morgan fingerprint density at radius 2 is 1.74 bits per heavy atom. The van der Waals surface area contributed by atoms with Gasteiger partial charge in [0, 0.05) is 6.54 Å². The van der Waals surface area contributed by atoms with Gasteiger partial charge in [0.05, 0.1) is 7.11 Å². The molecular formula is C19H31NO3. The molecule has 1 amide bonds. The Morgan fingerprint density at radius 3 is 2.26 bits per heavy atom. The van der Waals surface area contributed by atoms with Gasteiger partial charge < -0.3 is 14.8 Å². The number of hydrogen-bond acceptors (Lipinski definition) is 3. The Labute approximate surface area is 140 Å². The molecule has 0 aliphatic carbocycles. The zero-order valence-corrected chi connectivity index (χ0v) is 14.9. The molecule has 1 aromatic rings. The van der Waals surface area contributed by atoms with Gasteiger partial charge in [0.1, 0.15) is 11.5 Å². The zero-order chi connectivity index (χ0) is 17.1.